The highest BCUT2D eigenvalue weighted by molar-refractivity contribution is 6.33. The molecule has 0 N–H and O–H groups in total. The van der Waals surface area contributed by atoms with Crippen LogP contribution in [0.5, 0.6) is 0 Å². The third-order valence-corrected chi connectivity index (χ3v) is 6.28. The van der Waals surface area contributed by atoms with Crippen LogP contribution in [-0.2, 0) is 11.0 Å². The topological polar surface area (TPSA) is 42.9 Å². The molecule has 3 heterocycles. The molecule has 33 heavy (non-hydrogen) atoms. The fourth-order valence-electron chi connectivity index (χ4n) is 4.09. The molecule has 2 saturated heterocycles. The van der Waals surface area contributed by atoms with Gasteiger partial charge in [0.25, 0.3) is 0 Å². The van der Waals surface area contributed by atoms with E-state index in [1.54, 1.807) is 12.1 Å². The molecule has 2 aliphatic heterocycles. The van der Waals surface area contributed by atoms with Crippen molar-refractivity contribution in [2.45, 2.75) is 6.18 Å². The zero-order valence-corrected chi connectivity index (χ0v) is 18.6. The van der Waals surface area contributed by atoms with Gasteiger partial charge in [0, 0.05) is 64.2 Å². The number of aromatic nitrogens is 1. The van der Waals surface area contributed by atoms with Crippen molar-refractivity contribution in [3.8, 4) is 0 Å². The summed E-state index contributed by atoms with van der Waals surface area (Å²) in [5, 5.41) is -0.0339. The molecule has 6 nitrogen and oxygen atoms in total. The predicted octanol–water partition coefficient (Wildman–Crippen LogP) is 3.36. The van der Waals surface area contributed by atoms with E-state index in [0.717, 1.165) is 18.0 Å². The maximum atomic E-state index is 13.1. The molecule has 11 heteroatoms. The Labute approximate surface area is 194 Å². The van der Waals surface area contributed by atoms with Gasteiger partial charge in [0.2, 0.25) is 5.91 Å². The zero-order valence-electron chi connectivity index (χ0n) is 17.9. The molecule has 0 bridgehead atoms. The van der Waals surface area contributed by atoms with Gasteiger partial charge in [-0.15, -0.1) is 0 Å². The van der Waals surface area contributed by atoms with Crippen LogP contribution in [0.25, 0.3) is 0 Å². The summed E-state index contributed by atoms with van der Waals surface area (Å²) in [6.07, 6.45) is -3.69. The van der Waals surface area contributed by atoms with Crippen LogP contribution in [0.1, 0.15) is 5.56 Å². The number of nitrogens with zero attached hydrogens (tertiary/aromatic N) is 5. The Bertz CT molecular complexity index is 972. The van der Waals surface area contributed by atoms with Gasteiger partial charge < -0.3 is 14.7 Å². The first-order chi connectivity index (χ1) is 15.7. The molecular weight excluding hydrogens is 462 g/mol. The number of halogens is 5. The minimum absolute atomic E-state index is 0.0339. The third kappa shape index (κ3) is 5.67. The van der Waals surface area contributed by atoms with Crippen LogP contribution in [0, 0.1) is 5.82 Å². The molecule has 2 fully saturated rings. The maximum Gasteiger partial charge on any atom is 0.417 e. The maximum absolute atomic E-state index is 13.1. The second-order valence-corrected chi connectivity index (χ2v) is 8.54. The molecule has 0 aliphatic carbocycles. The fourth-order valence-corrected chi connectivity index (χ4v) is 4.38. The number of carbonyl (C=O) groups is 1. The number of rotatable bonds is 4. The molecule has 2 aromatic rings. The number of benzene rings is 1. The Morgan fingerprint density at radius 3 is 2.12 bits per heavy atom. The number of pyridine rings is 1. The number of piperazine rings is 2. The summed E-state index contributed by atoms with van der Waals surface area (Å²) in [7, 11) is 0. The van der Waals surface area contributed by atoms with Crippen LogP contribution in [0.2, 0.25) is 5.02 Å². The first-order valence-electron chi connectivity index (χ1n) is 10.7. The highest BCUT2D eigenvalue weighted by atomic mass is 35.5. The summed E-state index contributed by atoms with van der Waals surface area (Å²) >= 11 is 6.05. The van der Waals surface area contributed by atoms with Gasteiger partial charge in [0.15, 0.2) is 0 Å². The zero-order chi connectivity index (χ0) is 23.6. The van der Waals surface area contributed by atoms with Crippen molar-refractivity contribution in [1.82, 2.24) is 14.8 Å². The first-order valence-corrected chi connectivity index (χ1v) is 11.1. The molecule has 1 aromatic carbocycles. The summed E-state index contributed by atoms with van der Waals surface area (Å²) in [5.74, 6) is 0.101. The van der Waals surface area contributed by atoms with E-state index in [-0.39, 0.29) is 16.7 Å². The highest BCUT2D eigenvalue weighted by Crippen LogP contribution is 2.33. The van der Waals surface area contributed by atoms with Crippen molar-refractivity contribution >= 4 is 29.0 Å². The Morgan fingerprint density at radius 1 is 0.939 bits per heavy atom. The van der Waals surface area contributed by atoms with E-state index < -0.39 is 11.7 Å². The van der Waals surface area contributed by atoms with Gasteiger partial charge in [-0.25, -0.2) is 9.37 Å². The molecule has 0 atom stereocenters. The molecule has 0 radical (unpaired) electrons. The van der Waals surface area contributed by atoms with Gasteiger partial charge in [-0.05, 0) is 30.3 Å². The van der Waals surface area contributed by atoms with Gasteiger partial charge in [0.1, 0.15) is 11.6 Å². The first kappa shape index (κ1) is 23.6. The molecule has 178 valence electrons. The van der Waals surface area contributed by atoms with Crippen molar-refractivity contribution in [3.05, 3.63) is 52.9 Å². The van der Waals surface area contributed by atoms with Gasteiger partial charge in [-0.2, -0.15) is 13.2 Å². The van der Waals surface area contributed by atoms with E-state index in [4.69, 9.17) is 11.6 Å². The number of hydrogen-bond donors (Lipinski definition) is 0. The quantitative estimate of drug-likeness (QED) is 0.621. The van der Waals surface area contributed by atoms with Crippen molar-refractivity contribution in [1.29, 1.82) is 0 Å². The van der Waals surface area contributed by atoms with Crippen molar-refractivity contribution < 1.29 is 22.4 Å². The molecule has 0 saturated carbocycles. The second kappa shape index (κ2) is 9.72. The fraction of sp³-hybridized carbons (Fsp3) is 0.455. The van der Waals surface area contributed by atoms with Gasteiger partial charge in [0.05, 0.1) is 17.1 Å². The second-order valence-electron chi connectivity index (χ2n) is 8.13. The van der Waals surface area contributed by atoms with Crippen LogP contribution >= 0.6 is 11.6 Å². The number of alkyl halides is 3. The predicted molar refractivity (Wildman–Crippen MR) is 118 cm³/mol. The van der Waals surface area contributed by atoms with Crippen LogP contribution in [0.3, 0.4) is 0 Å². The molecule has 2 aliphatic rings. The van der Waals surface area contributed by atoms with Crippen LogP contribution in [0.15, 0.2) is 36.5 Å². The normalized spacial score (nSPS) is 18.0. The Hall–Kier alpha value is -2.59. The van der Waals surface area contributed by atoms with Crippen molar-refractivity contribution in [3.63, 3.8) is 0 Å². The standard InChI is InChI=1S/C22H24ClF4N5O/c23-19-13-16(22(25,26)27)14-28-21(19)32-7-5-29(6-8-32)15-20(33)31-11-9-30(10-12-31)18-3-1-17(24)2-4-18/h1-4,13-14H,5-12,15H2. The number of hydrogen-bond acceptors (Lipinski definition) is 5. The van der Waals surface area contributed by atoms with Crippen LogP contribution < -0.4 is 9.80 Å². The lowest BCUT2D eigenvalue weighted by Gasteiger charge is -2.39. The summed E-state index contributed by atoms with van der Waals surface area (Å²) in [5.41, 5.74) is 0.0650. The summed E-state index contributed by atoms with van der Waals surface area (Å²) in [4.78, 5) is 24.5. The third-order valence-electron chi connectivity index (χ3n) is 6.00. The largest absolute Gasteiger partial charge is 0.417 e. The van der Waals surface area contributed by atoms with E-state index in [2.05, 4.69) is 9.88 Å². The number of amides is 1. The average Bonchev–Trinajstić information content (AvgIpc) is 2.80. The smallest absolute Gasteiger partial charge is 0.368 e. The minimum Gasteiger partial charge on any atom is -0.368 e. The van der Waals surface area contributed by atoms with Crippen molar-refractivity contribution in [2.24, 2.45) is 0 Å². The Morgan fingerprint density at radius 2 is 1.55 bits per heavy atom. The van der Waals surface area contributed by atoms with Crippen LogP contribution in [-0.4, -0.2) is 79.6 Å². The number of carbonyl (C=O) groups excluding carboxylic acids is 1. The molecule has 0 spiro atoms. The molecule has 1 amide bonds. The van der Waals surface area contributed by atoms with E-state index in [9.17, 15) is 22.4 Å². The number of anilines is 2. The summed E-state index contributed by atoms with van der Waals surface area (Å²) in [6.45, 7) is 5.06. The Balaban J connectivity index is 1.25. The van der Waals surface area contributed by atoms with E-state index in [0.29, 0.717) is 64.7 Å². The van der Waals surface area contributed by atoms with Crippen LogP contribution in [0.4, 0.5) is 29.1 Å². The monoisotopic (exact) mass is 485 g/mol. The lowest BCUT2D eigenvalue weighted by atomic mass is 10.2. The molecule has 0 unspecified atom stereocenters. The molecule has 4 rings (SSSR count). The van der Waals surface area contributed by atoms with Crippen molar-refractivity contribution in [2.75, 3.05) is 68.7 Å². The minimum atomic E-state index is -4.49. The molecular formula is C22H24ClF4N5O. The van der Waals surface area contributed by atoms with Gasteiger partial charge >= 0.3 is 6.18 Å². The van der Waals surface area contributed by atoms with E-state index in [1.807, 2.05) is 14.7 Å². The van der Waals surface area contributed by atoms with Gasteiger partial charge in [-0.1, -0.05) is 11.6 Å². The lowest BCUT2D eigenvalue weighted by Crippen LogP contribution is -2.54. The molecule has 1 aromatic heterocycles. The van der Waals surface area contributed by atoms with E-state index >= 15 is 0 Å². The van der Waals surface area contributed by atoms with E-state index in [1.165, 1.54) is 12.1 Å². The average molecular weight is 486 g/mol. The lowest BCUT2D eigenvalue weighted by molar-refractivity contribution is -0.137. The highest BCUT2D eigenvalue weighted by Gasteiger charge is 2.32. The van der Waals surface area contributed by atoms with Gasteiger partial charge in [-0.3, -0.25) is 9.69 Å². The summed E-state index contributed by atoms with van der Waals surface area (Å²) in [6, 6.07) is 7.24. The summed E-state index contributed by atoms with van der Waals surface area (Å²) < 4.78 is 51.6. The SMILES string of the molecule is O=C(CN1CCN(c2ncc(C(F)(F)F)cc2Cl)CC1)N1CCN(c2ccc(F)cc2)CC1. The Kier molecular flexibility index (Phi) is 6.94.